The van der Waals surface area contributed by atoms with Gasteiger partial charge in [0.25, 0.3) is 0 Å². The van der Waals surface area contributed by atoms with Crippen molar-refractivity contribution in [2.45, 2.75) is 89.8 Å². The van der Waals surface area contributed by atoms with E-state index in [0.29, 0.717) is 6.07 Å². The molecule has 0 aliphatic rings. The predicted octanol–water partition coefficient (Wildman–Crippen LogP) is 0.696. The Morgan fingerprint density at radius 3 is 1.94 bits per heavy atom. The van der Waals surface area contributed by atoms with Gasteiger partial charge in [0.2, 0.25) is 11.8 Å². The van der Waals surface area contributed by atoms with Crippen molar-refractivity contribution in [3.63, 3.8) is 0 Å². The Kier molecular flexibility index (Phi) is 19.4. The first-order valence-corrected chi connectivity index (χ1v) is 15.4. The van der Waals surface area contributed by atoms with Crippen LogP contribution in [0, 0.1) is 5.92 Å². The van der Waals surface area contributed by atoms with Crippen LogP contribution in [-0.4, -0.2) is 92.4 Å². The van der Waals surface area contributed by atoms with E-state index in [1.54, 1.807) is 6.92 Å². The molecule has 6 atom stereocenters. The molecule has 0 aliphatic heterocycles. The maximum Gasteiger partial charge on any atom is 0.417 e. The molecule has 0 unspecified atom stereocenters. The average molecular weight is 766 g/mol. The molecular weight excluding hydrogens is 723 g/mol. The molecule has 296 valence electrons. The second-order valence-corrected chi connectivity index (χ2v) is 11.3. The van der Waals surface area contributed by atoms with Crippen LogP contribution in [-0.2, 0) is 44.5 Å². The van der Waals surface area contributed by atoms with Gasteiger partial charge in [-0.25, -0.2) is 9.59 Å². The molecule has 53 heavy (non-hydrogen) atoms. The molecule has 1 aromatic carbocycles. The number of halogens is 3. The summed E-state index contributed by atoms with van der Waals surface area (Å²) in [5.74, 6) is -6.77. The van der Waals surface area contributed by atoms with Crippen LogP contribution < -0.4 is 33.5 Å². The Hall–Kier alpha value is -5.61. The lowest BCUT2D eigenvalue weighted by molar-refractivity contribution is -0.154. The zero-order chi connectivity index (χ0) is 41.4. The van der Waals surface area contributed by atoms with E-state index in [0.717, 1.165) is 24.6 Å². The van der Waals surface area contributed by atoms with Crippen LogP contribution in [0.2, 0.25) is 0 Å². The summed E-state index contributed by atoms with van der Waals surface area (Å²) in [5, 5.41) is 38.0. The molecule has 0 saturated heterocycles. The number of carboxylic acids is 4. The number of alkyl halides is 3. The van der Waals surface area contributed by atoms with Crippen molar-refractivity contribution in [2.75, 3.05) is 5.32 Å². The van der Waals surface area contributed by atoms with E-state index in [-0.39, 0.29) is 35.7 Å². The van der Waals surface area contributed by atoms with Gasteiger partial charge in [-0.2, -0.15) is 13.2 Å². The number of fused-ring (bicyclic) bond motifs is 1. The van der Waals surface area contributed by atoms with Gasteiger partial charge in [-0.3, -0.25) is 28.8 Å². The Bertz CT molecular complexity index is 1680. The van der Waals surface area contributed by atoms with E-state index in [1.165, 1.54) is 13.8 Å². The number of hydrogen-bond donors (Lipinski definition) is 9. The fourth-order valence-corrected chi connectivity index (χ4v) is 3.82. The van der Waals surface area contributed by atoms with E-state index in [9.17, 15) is 51.5 Å². The number of hydrogen-bond acceptors (Lipinski definition) is 13. The number of nitrogens with one attached hydrogen (secondary N) is 2. The smallest absolute Gasteiger partial charge is 0.417 e. The number of carboxylic acid groups (broad SMARTS) is 4. The van der Waals surface area contributed by atoms with Gasteiger partial charge in [-0.1, -0.05) is 20.3 Å². The Morgan fingerprint density at radius 1 is 0.906 bits per heavy atom. The number of carbonyl (C=O) groups excluding carboxylic acids is 3. The molecule has 0 spiro atoms. The van der Waals surface area contributed by atoms with Gasteiger partial charge >= 0.3 is 41.6 Å². The SMILES string of the molecule is CC[C@H](C)[C@H](NC(C)=O)C(=O)O.C[C@@H](OC(=O)C[C@H](N)C(=O)Nc1ccc2c(C(F)(F)F)cc(=O)oc2c1)[C@H](N)C(=O)O.N[C@@H](CCC(=O)O)C(=O)O. The molecule has 2 amide bonds. The van der Waals surface area contributed by atoms with Crippen LogP contribution in [0.1, 0.15) is 58.9 Å². The van der Waals surface area contributed by atoms with Crippen LogP contribution in [0.4, 0.5) is 18.9 Å². The lowest BCUT2D eigenvalue weighted by Crippen LogP contribution is -2.44. The predicted molar refractivity (Wildman–Crippen MR) is 177 cm³/mol. The van der Waals surface area contributed by atoms with E-state index >= 15 is 0 Å². The van der Waals surface area contributed by atoms with Crippen LogP contribution in [0.25, 0.3) is 11.0 Å². The summed E-state index contributed by atoms with van der Waals surface area (Å²) in [6.45, 7) is 6.26. The molecular formula is C31H42F3N5O14. The largest absolute Gasteiger partial charge is 0.481 e. The number of anilines is 1. The summed E-state index contributed by atoms with van der Waals surface area (Å²) in [6.07, 6.45) is -6.08. The summed E-state index contributed by atoms with van der Waals surface area (Å²) in [6, 6.07) is -1.25. The standard InChI is InChI=1S/C18H18F3N3O7.C8H15NO3.C5H9NO4/c1-7(15(23)17(28)29)30-14(26)6-11(22)16(27)24-8-2-3-9-10(18(19,20)21)5-13(25)31-12(9)4-8;1-4-5(2)7(8(11)12)9-6(3)10;6-3(5(9)10)1-2-4(7)8/h2-5,7,11,15H,6,22-23H2,1H3,(H,24,27)(H,28,29);5,7H,4H2,1-3H3,(H,9,10)(H,11,12);3H,1-2,6H2,(H,7,8)(H,9,10)/t7-,11+,15+;5-,7-;3-/m100/s1. The van der Waals surface area contributed by atoms with Gasteiger partial charge in [-0.15, -0.1) is 0 Å². The van der Waals surface area contributed by atoms with Crippen LogP contribution in [0.3, 0.4) is 0 Å². The highest BCUT2D eigenvalue weighted by Gasteiger charge is 2.34. The van der Waals surface area contributed by atoms with Crippen molar-refractivity contribution in [3.8, 4) is 0 Å². The second-order valence-electron chi connectivity index (χ2n) is 11.3. The number of nitrogens with two attached hydrogens (primary N) is 3. The third-order valence-electron chi connectivity index (χ3n) is 6.97. The molecule has 0 fully saturated rings. The maximum atomic E-state index is 13.1. The number of carbonyl (C=O) groups is 7. The van der Waals surface area contributed by atoms with Crippen molar-refractivity contribution in [1.29, 1.82) is 0 Å². The molecule has 22 heteroatoms. The Labute approximate surface area is 298 Å². The van der Waals surface area contributed by atoms with Gasteiger partial charge in [-0.05, 0) is 31.4 Å². The summed E-state index contributed by atoms with van der Waals surface area (Å²) in [4.78, 5) is 87.2. The third kappa shape index (κ3) is 17.4. The van der Waals surface area contributed by atoms with Gasteiger partial charge in [0.15, 0.2) is 0 Å². The minimum absolute atomic E-state index is 0.0231. The van der Waals surface area contributed by atoms with Crippen LogP contribution in [0.5, 0.6) is 0 Å². The maximum absolute atomic E-state index is 13.1. The van der Waals surface area contributed by atoms with E-state index in [4.69, 9.17) is 46.8 Å². The molecule has 2 rings (SSSR count). The number of esters is 1. The van der Waals surface area contributed by atoms with E-state index in [2.05, 4.69) is 10.6 Å². The van der Waals surface area contributed by atoms with Crippen molar-refractivity contribution in [3.05, 3.63) is 40.2 Å². The lowest BCUT2D eigenvalue weighted by atomic mass is 9.99. The summed E-state index contributed by atoms with van der Waals surface area (Å²) in [5.41, 5.74) is 13.1. The summed E-state index contributed by atoms with van der Waals surface area (Å²) in [7, 11) is 0. The van der Waals surface area contributed by atoms with Gasteiger partial charge in [0.05, 0.1) is 18.0 Å². The van der Waals surface area contributed by atoms with E-state index < -0.39 is 95.4 Å². The first kappa shape index (κ1) is 47.4. The molecule has 19 nitrogen and oxygen atoms in total. The highest BCUT2D eigenvalue weighted by molar-refractivity contribution is 5.98. The number of benzene rings is 1. The number of ether oxygens (including phenoxy) is 1. The quantitative estimate of drug-likeness (QED) is 0.0889. The van der Waals surface area contributed by atoms with Crippen LogP contribution in [0.15, 0.2) is 33.5 Å². The van der Waals surface area contributed by atoms with Crippen molar-refractivity contribution in [1.82, 2.24) is 5.32 Å². The zero-order valence-electron chi connectivity index (χ0n) is 28.8. The van der Waals surface area contributed by atoms with Crippen molar-refractivity contribution < 1.29 is 76.3 Å². The summed E-state index contributed by atoms with van der Waals surface area (Å²) < 4.78 is 48.8. The average Bonchev–Trinajstić information content (AvgIpc) is 3.04. The third-order valence-corrected chi connectivity index (χ3v) is 6.97. The molecule has 0 saturated carbocycles. The van der Waals surface area contributed by atoms with Crippen molar-refractivity contribution in [2.24, 2.45) is 23.1 Å². The normalized spacial score (nSPS) is 14.2. The molecule has 12 N–H and O–H groups in total. The highest BCUT2D eigenvalue weighted by atomic mass is 19.4. The minimum atomic E-state index is -4.79. The van der Waals surface area contributed by atoms with Crippen LogP contribution >= 0.6 is 0 Å². The molecule has 0 aliphatic carbocycles. The van der Waals surface area contributed by atoms with Gasteiger partial charge < -0.3 is 57.4 Å². The van der Waals surface area contributed by atoms with Gasteiger partial charge in [0.1, 0.15) is 29.8 Å². The lowest BCUT2D eigenvalue weighted by Gasteiger charge is -2.18. The second kappa shape index (κ2) is 21.7. The highest BCUT2D eigenvalue weighted by Crippen LogP contribution is 2.34. The van der Waals surface area contributed by atoms with Crippen molar-refractivity contribution >= 4 is 58.3 Å². The topological polar surface area (TPSA) is 342 Å². The number of aliphatic carboxylic acids is 4. The van der Waals surface area contributed by atoms with E-state index in [1.807, 2.05) is 6.92 Å². The molecule has 2 aromatic rings. The molecule has 0 bridgehead atoms. The monoisotopic (exact) mass is 765 g/mol. The first-order valence-electron chi connectivity index (χ1n) is 15.4. The minimum Gasteiger partial charge on any atom is -0.481 e. The zero-order valence-corrected chi connectivity index (χ0v) is 28.8. The summed E-state index contributed by atoms with van der Waals surface area (Å²) >= 11 is 0. The molecule has 1 aromatic heterocycles. The Balaban J connectivity index is 0.00000100. The fourth-order valence-electron chi connectivity index (χ4n) is 3.82. The molecule has 1 heterocycles. The van der Waals surface area contributed by atoms with Gasteiger partial charge in [0, 0.05) is 36.6 Å². The first-order chi connectivity index (χ1) is 24.3. The number of amides is 2. The number of rotatable bonds is 15. The Morgan fingerprint density at radius 2 is 1.49 bits per heavy atom. The fraction of sp³-hybridized carbons (Fsp3) is 0.484. The molecule has 0 radical (unpaired) electrons.